The highest BCUT2D eigenvalue weighted by atomic mass is 16.5. The Labute approximate surface area is 191 Å². The number of hydrogen-bond donors (Lipinski definition) is 3. The van der Waals surface area contributed by atoms with Crippen LogP contribution in [0, 0.1) is 23.7 Å². The monoisotopic (exact) mass is 442 g/mol. The molecule has 2 rings (SSSR count). The molecule has 176 valence electrons. The van der Waals surface area contributed by atoms with E-state index in [-0.39, 0.29) is 24.0 Å². The second kappa shape index (κ2) is 13.2. The van der Waals surface area contributed by atoms with Crippen LogP contribution >= 0.6 is 0 Å². The first-order chi connectivity index (χ1) is 15.4. The normalized spacial score (nSPS) is 17.2. The molecule has 0 aliphatic heterocycles. The maximum Gasteiger partial charge on any atom is 0.247 e. The minimum Gasteiger partial charge on any atom is -0.346 e. The van der Waals surface area contributed by atoms with E-state index in [4.69, 9.17) is 0 Å². The van der Waals surface area contributed by atoms with Crippen molar-refractivity contribution >= 4 is 17.6 Å². The van der Waals surface area contributed by atoms with Crippen LogP contribution in [-0.2, 0) is 9.59 Å². The van der Waals surface area contributed by atoms with Gasteiger partial charge >= 0.3 is 0 Å². The summed E-state index contributed by atoms with van der Waals surface area (Å²) < 4.78 is 0. The van der Waals surface area contributed by atoms with Crippen molar-refractivity contribution in [3.8, 4) is 0 Å². The van der Waals surface area contributed by atoms with Crippen molar-refractivity contribution in [3.63, 3.8) is 0 Å². The number of benzene rings is 1. The number of carbonyl (C=O) groups excluding carboxylic acids is 3. The summed E-state index contributed by atoms with van der Waals surface area (Å²) in [6.07, 6.45) is 8.56. The van der Waals surface area contributed by atoms with Crippen molar-refractivity contribution in [2.45, 2.75) is 71.3 Å². The van der Waals surface area contributed by atoms with Gasteiger partial charge in [0.1, 0.15) is 0 Å². The molecule has 0 unspecified atom stereocenters. The summed E-state index contributed by atoms with van der Waals surface area (Å²) in [5.74, 6) is -1.89. The Morgan fingerprint density at radius 2 is 1.72 bits per heavy atom. The van der Waals surface area contributed by atoms with Crippen molar-refractivity contribution in [2.75, 3.05) is 0 Å². The Kier molecular flexibility index (Phi) is 10.6. The van der Waals surface area contributed by atoms with Crippen LogP contribution < -0.4 is 10.8 Å². The van der Waals surface area contributed by atoms with E-state index in [9.17, 15) is 19.6 Å². The first kappa shape index (κ1) is 25.8. The molecule has 0 radical (unpaired) electrons. The molecule has 2 amide bonds. The van der Waals surface area contributed by atoms with E-state index in [0.29, 0.717) is 24.3 Å². The zero-order valence-corrected chi connectivity index (χ0v) is 19.4. The third-order valence-corrected chi connectivity index (χ3v) is 6.40. The highest BCUT2D eigenvalue weighted by Crippen LogP contribution is 2.29. The Morgan fingerprint density at radius 3 is 2.28 bits per heavy atom. The van der Waals surface area contributed by atoms with Crippen molar-refractivity contribution in [1.82, 2.24) is 10.8 Å². The van der Waals surface area contributed by atoms with E-state index in [1.807, 2.05) is 32.0 Å². The quantitative estimate of drug-likeness (QED) is 0.189. The zero-order valence-electron chi connectivity index (χ0n) is 19.4. The van der Waals surface area contributed by atoms with Gasteiger partial charge in [-0.1, -0.05) is 82.4 Å². The van der Waals surface area contributed by atoms with Crippen molar-refractivity contribution in [3.05, 3.63) is 48.6 Å². The van der Waals surface area contributed by atoms with Gasteiger partial charge in [0, 0.05) is 5.56 Å². The average molecular weight is 443 g/mol. The van der Waals surface area contributed by atoms with Gasteiger partial charge in [0.15, 0.2) is 5.78 Å². The molecular weight excluding hydrogens is 404 g/mol. The summed E-state index contributed by atoms with van der Waals surface area (Å²) >= 11 is 0. The number of Topliss-reactive ketones (excluding diaryl/α,β-unsaturated/α-hetero) is 1. The van der Waals surface area contributed by atoms with Crippen LogP contribution in [0.25, 0.3) is 0 Å². The molecule has 1 aliphatic carbocycles. The number of ketones is 1. The van der Waals surface area contributed by atoms with Gasteiger partial charge < -0.3 is 5.32 Å². The number of hydroxylamine groups is 1. The zero-order chi connectivity index (χ0) is 23.5. The SMILES string of the molecule is C=CC[C@H](C(=O)NO)[C@@H](CC(C)C)C(=O)N[C@@H](CC1CCCCC1)C(=O)c1ccccc1. The second-order valence-corrected chi connectivity index (χ2v) is 9.37. The summed E-state index contributed by atoms with van der Waals surface area (Å²) in [5.41, 5.74) is 2.27. The summed E-state index contributed by atoms with van der Waals surface area (Å²) in [5, 5.41) is 12.2. The number of amides is 2. The standard InChI is InChI=1S/C26H38N2O4/c1-4-11-21(26(31)28-32)22(16-18(2)3)25(30)27-23(17-19-12-7-5-8-13-19)24(29)20-14-9-6-10-15-20/h4,6,9-10,14-15,18-19,21-23,32H,1,5,7-8,11-13,16-17H2,2-3H3,(H,27,30)(H,28,31)/t21-,22+,23-/m0/s1. The van der Waals surface area contributed by atoms with Crippen molar-refractivity contribution in [1.29, 1.82) is 0 Å². The number of carbonyl (C=O) groups is 3. The molecule has 1 saturated carbocycles. The molecule has 0 spiro atoms. The number of nitrogens with one attached hydrogen (secondary N) is 2. The highest BCUT2D eigenvalue weighted by Gasteiger charge is 2.36. The van der Waals surface area contributed by atoms with Crippen molar-refractivity contribution in [2.24, 2.45) is 23.7 Å². The molecule has 0 bridgehead atoms. The molecule has 1 fully saturated rings. The Bertz CT molecular complexity index is 756. The fourth-order valence-electron chi connectivity index (χ4n) is 4.75. The van der Waals surface area contributed by atoms with E-state index in [2.05, 4.69) is 11.9 Å². The van der Waals surface area contributed by atoms with Crippen LogP contribution in [0.2, 0.25) is 0 Å². The molecule has 1 aliphatic rings. The Morgan fingerprint density at radius 1 is 1.06 bits per heavy atom. The predicted octanol–water partition coefficient (Wildman–Crippen LogP) is 4.68. The van der Waals surface area contributed by atoms with E-state index in [0.717, 1.165) is 25.7 Å². The Hall–Kier alpha value is -2.47. The fraction of sp³-hybridized carbons (Fsp3) is 0.577. The van der Waals surface area contributed by atoms with Crippen molar-refractivity contribution < 1.29 is 19.6 Å². The van der Waals surface area contributed by atoms with Crippen LogP contribution in [0.5, 0.6) is 0 Å². The first-order valence-corrected chi connectivity index (χ1v) is 11.8. The van der Waals surface area contributed by atoms with Gasteiger partial charge in [0.2, 0.25) is 11.8 Å². The van der Waals surface area contributed by atoms with Gasteiger partial charge in [-0.25, -0.2) is 5.48 Å². The molecular formula is C26H38N2O4. The molecule has 0 aromatic heterocycles. The van der Waals surface area contributed by atoms with Gasteiger partial charge in [-0.05, 0) is 31.1 Å². The molecule has 1 aromatic rings. The maximum atomic E-state index is 13.4. The lowest BCUT2D eigenvalue weighted by atomic mass is 9.80. The van der Waals surface area contributed by atoms with Gasteiger partial charge in [-0.3, -0.25) is 19.6 Å². The molecule has 32 heavy (non-hydrogen) atoms. The minimum atomic E-state index is -0.748. The topological polar surface area (TPSA) is 95.5 Å². The molecule has 6 heteroatoms. The largest absolute Gasteiger partial charge is 0.346 e. The highest BCUT2D eigenvalue weighted by molar-refractivity contribution is 6.02. The maximum absolute atomic E-state index is 13.4. The second-order valence-electron chi connectivity index (χ2n) is 9.37. The lowest BCUT2D eigenvalue weighted by Gasteiger charge is -2.30. The smallest absolute Gasteiger partial charge is 0.247 e. The molecule has 3 atom stereocenters. The molecule has 3 N–H and O–H groups in total. The van der Waals surface area contributed by atoms with E-state index >= 15 is 0 Å². The van der Waals surface area contributed by atoms with Gasteiger partial charge in [-0.15, -0.1) is 6.58 Å². The number of rotatable bonds is 12. The number of hydrogen-bond acceptors (Lipinski definition) is 4. The third kappa shape index (κ3) is 7.59. The van der Waals surface area contributed by atoms with Gasteiger partial charge in [-0.2, -0.15) is 0 Å². The summed E-state index contributed by atoms with van der Waals surface area (Å²) in [6.45, 7) is 7.66. The summed E-state index contributed by atoms with van der Waals surface area (Å²) in [6, 6.07) is 8.41. The van der Waals surface area contributed by atoms with Crippen LogP contribution in [0.15, 0.2) is 43.0 Å². The lowest BCUT2D eigenvalue weighted by Crippen LogP contribution is -2.48. The van der Waals surface area contributed by atoms with Crippen LogP contribution in [-0.4, -0.2) is 28.8 Å². The molecule has 0 heterocycles. The molecule has 1 aromatic carbocycles. The number of allylic oxidation sites excluding steroid dienone is 1. The summed E-state index contributed by atoms with van der Waals surface area (Å²) in [4.78, 5) is 39.1. The fourth-order valence-corrected chi connectivity index (χ4v) is 4.75. The van der Waals surface area contributed by atoms with Crippen LogP contribution in [0.4, 0.5) is 0 Å². The van der Waals surface area contributed by atoms with Crippen LogP contribution in [0.3, 0.4) is 0 Å². The van der Waals surface area contributed by atoms with Crippen LogP contribution in [0.1, 0.15) is 75.6 Å². The average Bonchev–Trinajstić information content (AvgIpc) is 2.81. The van der Waals surface area contributed by atoms with Gasteiger partial charge in [0.05, 0.1) is 17.9 Å². The first-order valence-electron chi connectivity index (χ1n) is 11.8. The Balaban J connectivity index is 2.27. The molecule has 0 saturated heterocycles. The lowest BCUT2D eigenvalue weighted by molar-refractivity contribution is -0.140. The molecule has 6 nitrogen and oxygen atoms in total. The van der Waals surface area contributed by atoms with E-state index in [1.165, 1.54) is 6.42 Å². The third-order valence-electron chi connectivity index (χ3n) is 6.40. The predicted molar refractivity (Wildman–Crippen MR) is 125 cm³/mol. The van der Waals surface area contributed by atoms with E-state index < -0.39 is 23.8 Å². The summed E-state index contributed by atoms with van der Waals surface area (Å²) in [7, 11) is 0. The van der Waals surface area contributed by atoms with E-state index in [1.54, 1.807) is 23.7 Å². The minimum absolute atomic E-state index is 0.0975. The van der Waals surface area contributed by atoms with Gasteiger partial charge in [0.25, 0.3) is 0 Å².